The number of rotatable bonds is 5. The Morgan fingerprint density at radius 1 is 1.43 bits per heavy atom. The van der Waals surface area contributed by atoms with Crippen molar-refractivity contribution < 1.29 is 14.1 Å². The maximum Gasteiger partial charge on any atom is 0.192 e. The molecule has 7 heteroatoms. The summed E-state index contributed by atoms with van der Waals surface area (Å²) in [6, 6.07) is 4.50. The highest BCUT2D eigenvalue weighted by Gasteiger charge is 2.40. The smallest absolute Gasteiger partial charge is 0.192 e. The van der Waals surface area contributed by atoms with Crippen molar-refractivity contribution in [1.29, 1.82) is 5.26 Å². The molecule has 0 amide bonds. The van der Waals surface area contributed by atoms with Crippen molar-refractivity contribution in [3.63, 3.8) is 0 Å². The fourth-order valence-electron chi connectivity index (χ4n) is 2.02. The molecular weight excluding hydrogens is 333 g/mol. The molecule has 1 aliphatic carbocycles. The molecule has 0 saturated heterocycles. The third-order valence-electron chi connectivity index (χ3n) is 3.26. The van der Waals surface area contributed by atoms with Crippen LogP contribution in [0.2, 0.25) is 10.0 Å². The zero-order valence-corrected chi connectivity index (χ0v) is 13.4. The summed E-state index contributed by atoms with van der Waals surface area (Å²) in [6.07, 6.45) is 2.77. The van der Waals surface area contributed by atoms with E-state index >= 15 is 0 Å². The number of ketones is 2. The number of benzene rings is 1. The van der Waals surface area contributed by atoms with E-state index in [4.69, 9.17) is 28.5 Å². The van der Waals surface area contributed by atoms with Gasteiger partial charge in [0.25, 0.3) is 0 Å². The van der Waals surface area contributed by atoms with Crippen molar-refractivity contribution in [3.05, 3.63) is 27.7 Å². The Kier molecular flexibility index (Phi) is 4.95. The largest absolute Gasteiger partial charge is 0.612 e. The van der Waals surface area contributed by atoms with E-state index in [9.17, 15) is 14.1 Å². The predicted octanol–water partition coefficient (Wildman–Crippen LogP) is 3.03. The number of carbonyl (C=O) groups excluding carboxylic acids is 2. The third-order valence-corrected chi connectivity index (χ3v) is 5.17. The Morgan fingerprint density at radius 2 is 2.05 bits per heavy atom. The van der Waals surface area contributed by atoms with Crippen molar-refractivity contribution in [2.24, 2.45) is 11.8 Å². The summed E-state index contributed by atoms with van der Waals surface area (Å²) in [5.74, 6) is -2.63. The Balaban J connectivity index is 2.45. The van der Waals surface area contributed by atoms with Crippen molar-refractivity contribution in [2.45, 2.75) is 17.7 Å². The number of halogens is 2. The molecule has 0 N–H and O–H groups in total. The molecule has 0 radical (unpaired) electrons. The van der Waals surface area contributed by atoms with E-state index < -0.39 is 22.9 Å². The fourth-order valence-corrected chi connectivity index (χ4v) is 3.56. The maximum atomic E-state index is 12.5. The van der Waals surface area contributed by atoms with Crippen LogP contribution in [0.5, 0.6) is 0 Å². The zero-order valence-electron chi connectivity index (χ0n) is 11.1. The number of carbonyl (C=O) groups is 2. The van der Waals surface area contributed by atoms with Crippen LogP contribution >= 0.6 is 23.2 Å². The third kappa shape index (κ3) is 3.24. The molecule has 0 bridgehead atoms. The molecule has 1 aromatic rings. The molecule has 110 valence electrons. The van der Waals surface area contributed by atoms with E-state index in [1.54, 1.807) is 6.07 Å². The van der Waals surface area contributed by atoms with Crippen LogP contribution in [0.1, 0.15) is 23.2 Å². The highest BCUT2D eigenvalue weighted by Crippen LogP contribution is 2.36. The predicted molar refractivity (Wildman–Crippen MR) is 80.0 cm³/mol. The zero-order chi connectivity index (χ0) is 15.7. The van der Waals surface area contributed by atoms with E-state index in [2.05, 4.69) is 0 Å². The monoisotopic (exact) mass is 343 g/mol. The normalized spacial score (nSPS) is 16.9. The number of hydrogen-bond donors (Lipinski definition) is 0. The first-order valence-corrected chi connectivity index (χ1v) is 8.48. The van der Waals surface area contributed by atoms with Crippen molar-refractivity contribution in [3.8, 4) is 6.07 Å². The van der Waals surface area contributed by atoms with E-state index in [1.165, 1.54) is 18.4 Å². The van der Waals surface area contributed by atoms with Gasteiger partial charge in [-0.1, -0.05) is 23.2 Å². The second-order valence-electron chi connectivity index (χ2n) is 4.80. The second-order valence-corrected chi connectivity index (χ2v) is 6.90. The minimum absolute atomic E-state index is 0.0129. The second kappa shape index (κ2) is 6.37. The highest BCUT2D eigenvalue weighted by atomic mass is 35.5. The minimum atomic E-state index is -1.57. The van der Waals surface area contributed by atoms with E-state index in [0.717, 1.165) is 0 Å². The lowest BCUT2D eigenvalue weighted by atomic mass is 9.92. The average molecular weight is 344 g/mol. The Morgan fingerprint density at radius 3 is 2.52 bits per heavy atom. The summed E-state index contributed by atoms with van der Waals surface area (Å²) >= 11 is 10.3. The van der Waals surface area contributed by atoms with Gasteiger partial charge in [0, 0.05) is 5.92 Å². The highest BCUT2D eigenvalue weighted by molar-refractivity contribution is 7.91. The fraction of sp³-hybridized carbons (Fsp3) is 0.357. The van der Waals surface area contributed by atoms with Crippen molar-refractivity contribution in [2.75, 3.05) is 6.26 Å². The molecule has 1 saturated carbocycles. The molecule has 0 spiro atoms. The lowest BCUT2D eigenvalue weighted by Gasteiger charge is -2.14. The number of hydrogen-bond acceptors (Lipinski definition) is 4. The maximum absolute atomic E-state index is 12.5. The Hall–Kier alpha value is -1.06. The Bertz CT molecular complexity index is 650. The molecule has 1 aliphatic rings. The first kappa shape index (κ1) is 16.3. The SMILES string of the molecule is C[S+]([O-])c1c(C(=O)C(C#N)C(=O)C2CC2)ccc(Cl)c1Cl. The van der Waals surface area contributed by atoms with Crippen LogP contribution in [0.15, 0.2) is 17.0 Å². The van der Waals surface area contributed by atoms with Gasteiger partial charge in [0.05, 0.1) is 16.7 Å². The topological polar surface area (TPSA) is 81.0 Å². The average Bonchev–Trinajstić information content (AvgIpc) is 3.26. The lowest BCUT2D eigenvalue weighted by molar-refractivity contribution is -0.121. The van der Waals surface area contributed by atoms with Gasteiger partial charge in [0.15, 0.2) is 22.4 Å². The Labute approximate surface area is 135 Å². The van der Waals surface area contributed by atoms with Crippen LogP contribution in [0.4, 0.5) is 0 Å². The van der Waals surface area contributed by atoms with Gasteiger partial charge < -0.3 is 4.55 Å². The van der Waals surface area contributed by atoms with Crippen LogP contribution in [0.3, 0.4) is 0 Å². The quantitative estimate of drug-likeness (QED) is 0.467. The van der Waals surface area contributed by atoms with Crippen LogP contribution in [0, 0.1) is 23.2 Å². The molecule has 1 fully saturated rings. The molecule has 2 atom stereocenters. The van der Waals surface area contributed by atoms with Gasteiger partial charge in [-0.05, 0) is 36.2 Å². The number of nitrogens with zero attached hydrogens (tertiary/aromatic N) is 1. The van der Waals surface area contributed by atoms with E-state index in [0.29, 0.717) is 12.8 Å². The van der Waals surface area contributed by atoms with E-state index in [-0.39, 0.29) is 32.2 Å². The summed E-state index contributed by atoms with van der Waals surface area (Å²) in [5.41, 5.74) is 0.0192. The summed E-state index contributed by atoms with van der Waals surface area (Å²) in [5, 5.41) is 9.31. The van der Waals surface area contributed by atoms with Gasteiger partial charge in [-0.15, -0.1) is 0 Å². The summed E-state index contributed by atoms with van der Waals surface area (Å²) < 4.78 is 11.8. The summed E-state index contributed by atoms with van der Waals surface area (Å²) in [6.45, 7) is 0. The molecule has 0 aliphatic heterocycles. The summed E-state index contributed by atoms with van der Waals surface area (Å²) in [7, 11) is 0. The van der Waals surface area contributed by atoms with Crippen molar-refractivity contribution >= 4 is 45.9 Å². The molecule has 2 rings (SSSR count). The number of nitriles is 1. The minimum Gasteiger partial charge on any atom is -0.612 e. The van der Waals surface area contributed by atoms with Gasteiger partial charge in [-0.3, -0.25) is 9.59 Å². The van der Waals surface area contributed by atoms with Crippen LogP contribution < -0.4 is 0 Å². The van der Waals surface area contributed by atoms with Crippen molar-refractivity contribution in [1.82, 2.24) is 0 Å². The molecule has 0 heterocycles. The van der Waals surface area contributed by atoms with Crippen LogP contribution in [0.25, 0.3) is 0 Å². The van der Waals surface area contributed by atoms with Crippen LogP contribution in [-0.4, -0.2) is 22.4 Å². The van der Waals surface area contributed by atoms with Crippen LogP contribution in [-0.2, 0) is 16.0 Å². The number of Topliss-reactive ketones (excluding diaryl/α,β-unsaturated/α-hetero) is 2. The van der Waals surface area contributed by atoms with E-state index in [1.807, 2.05) is 0 Å². The van der Waals surface area contributed by atoms with Gasteiger partial charge in [0.2, 0.25) is 0 Å². The standard InChI is InChI=1S/C14H11Cl2NO3S/c1-21(20)14-8(4-5-10(15)11(14)16)13(19)9(6-17)12(18)7-2-3-7/h4-5,7,9H,2-3H2,1H3. The molecule has 1 aromatic carbocycles. The molecule has 4 nitrogen and oxygen atoms in total. The van der Waals surface area contributed by atoms with Gasteiger partial charge in [-0.2, -0.15) is 5.26 Å². The molecule has 2 unspecified atom stereocenters. The van der Waals surface area contributed by atoms with Gasteiger partial charge in [-0.25, -0.2) is 0 Å². The van der Waals surface area contributed by atoms with Gasteiger partial charge >= 0.3 is 0 Å². The summed E-state index contributed by atoms with van der Waals surface area (Å²) in [4.78, 5) is 24.5. The molecular formula is C14H11Cl2NO3S. The molecule has 21 heavy (non-hydrogen) atoms. The first-order valence-electron chi connectivity index (χ1n) is 6.17. The first-order chi connectivity index (χ1) is 9.88. The van der Waals surface area contributed by atoms with Gasteiger partial charge in [0.1, 0.15) is 11.3 Å². The molecule has 0 aromatic heterocycles. The lowest BCUT2D eigenvalue weighted by Crippen LogP contribution is -2.25.